The fourth-order valence-corrected chi connectivity index (χ4v) is 3.25. The molecule has 0 saturated carbocycles. The number of rotatable bonds is 3. The minimum Gasteiger partial charge on any atom is -0.354 e. The van der Waals surface area contributed by atoms with Crippen LogP contribution in [-0.4, -0.2) is 16.9 Å². The molecule has 0 unspecified atom stereocenters. The molecule has 0 aliphatic heterocycles. The Morgan fingerprint density at radius 1 is 1.11 bits per heavy atom. The van der Waals surface area contributed by atoms with Crippen LogP contribution in [0, 0.1) is 23.0 Å². The summed E-state index contributed by atoms with van der Waals surface area (Å²) >= 11 is 0.522. The van der Waals surface area contributed by atoms with Gasteiger partial charge in [0.1, 0.15) is 11.6 Å². The first-order chi connectivity index (χ1) is 12.7. The average molecular weight is 396 g/mol. The molecule has 9 heteroatoms. The Balaban J connectivity index is 2.15. The van der Waals surface area contributed by atoms with Crippen molar-refractivity contribution in [3.63, 3.8) is 0 Å². The van der Waals surface area contributed by atoms with Gasteiger partial charge in [-0.3, -0.25) is 4.79 Å². The van der Waals surface area contributed by atoms with Crippen LogP contribution in [0.3, 0.4) is 0 Å². The van der Waals surface area contributed by atoms with Crippen LogP contribution in [0.5, 0.6) is 0 Å². The topological polar surface area (TPSA) is 56.6 Å². The van der Waals surface area contributed by atoms with Gasteiger partial charge in [-0.05, 0) is 24.3 Å². The summed E-state index contributed by atoms with van der Waals surface area (Å²) in [5.74, 6) is -3.06. The van der Waals surface area contributed by atoms with Gasteiger partial charge in [0.2, 0.25) is 0 Å². The van der Waals surface area contributed by atoms with E-state index >= 15 is 0 Å². The van der Waals surface area contributed by atoms with Gasteiger partial charge in [-0.15, -0.1) is 11.8 Å². The first kappa shape index (κ1) is 18.9. The van der Waals surface area contributed by atoms with Crippen molar-refractivity contribution in [2.45, 2.75) is 11.1 Å². The van der Waals surface area contributed by atoms with Gasteiger partial charge in [-0.25, -0.2) is 8.78 Å². The lowest BCUT2D eigenvalue weighted by atomic mass is 10.0. The van der Waals surface area contributed by atoms with Crippen LogP contribution in [0.15, 0.2) is 46.1 Å². The lowest BCUT2D eigenvalue weighted by Gasteiger charge is -2.10. The lowest BCUT2D eigenvalue weighted by Crippen LogP contribution is -2.10. The third kappa shape index (κ3) is 4.11. The monoisotopic (exact) mass is 396 g/mol. The van der Waals surface area contributed by atoms with Crippen LogP contribution in [0.25, 0.3) is 22.2 Å². The minimum absolute atomic E-state index is 0.0727. The molecule has 27 heavy (non-hydrogen) atoms. The molecule has 0 radical (unpaired) electrons. The Hall–Kier alpha value is -2.86. The molecule has 1 N–H and O–H groups in total. The Kier molecular flexibility index (Phi) is 4.93. The molecule has 138 valence electrons. The van der Waals surface area contributed by atoms with Crippen molar-refractivity contribution in [1.29, 1.82) is 5.26 Å². The maximum atomic E-state index is 13.8. The molecule has 2 aromatic carbocycles. The molecule has 0 aliphatic carbocycles. The second kappa shape index (κ2) is 7.04. The third-order valence-corrected chi connectivity index (χ3v) is 4.71. The van der Waals surface area contributed by atoms with Gasteiger partial charge in [0.25, 0.3) is 0 Å². The summed E-state index contributed by atoms with van der Waals surface area (Å²) in [6.45, 7) is 0. The van der Waals surface area contributed by atoms with E-state index in [2.05, 4.69) is 4.98 Å². The molecule has 1 heterocycles. The molecule has 3 aromatic rings. The summed E-state index contributed by atoms with van der Waals surface area (Å²) < 4.78 is 64.6. The van der Waals surface area contributed by atoms with Gasteiger partial charge < -0.3 is 4.98 Å². The molecule has 0 spiro atoms. The van der Waals surface area contributed by atoms with Crippen molar-refractivity contribution in [3.05, 3.63) is 63.8 Å². The summed E-state index contributed by atoms with van der Waals surface area (Å²) in [6.07, 6.45) is -4.37. The van der Waals surface area contributed by atoms with Crippen molar-refractivity contribution in [2.24, 2.45) is 0 Å². The number of halogens is 5. The van der Waals surface area contributed by atoms with Crippen LogP contribution >= 0.6 is 11.8 Å². The second-order valence-electron chi connectivity index (χ2n) is 5.58. The predicted octanol–water partition coefficient (Wildman–Crippen LogP) is 5.00. The molecule has 0 aliphatic rings. The summed E-state index contributed by atoms with van der Waals surface area (Å²) in [7, 11) is 0. The van der Waals surface area contributed by atoms with E-state index in [9.17, 15) is 32.0 Å². The molecule has 0 bridgehead atoms. The zero-order valence-corrected chi connectivity index (χ0v) is 14.1. The largest absolute Gasteiger partial charge is 0.398 e. The van der Waals surface area contributed by atoms with Crippen LogP contribution in [0.4, 0.5) is 22.0 Å². The molecule has 3 nitrogen and oxygen atoms in total. The average Bonchev–Trinajstić information content (AvgIpc) is 2.58. The Bertz CT molecular complexity index is 1130. The summed E-state index contributed by atoms with van der Waals surface area (Å²) in [5.41, 5.74) is -0.532. The first-order valence-corrected chi connectivity index (χ1v) is 8.42. The highest BCUT2D eigenvalue weighted by molar-refractivity contribution is 7.99. The molecule has 0 amide bonds. The van der Waals surface area contributed by atoms with Gasteiger partial charge in [-0.1, -0.05) is 0 Å². The Morgan fingerprint density at radius 2 is 1.85 bits per heavy atom. The normalized spacial score (nSPS) is 11.6. The number of nitrogens with one attached hydrogen (secondary N) is 1. The molecular formula is C18H9F5N2OS. The zero-order chi connectivity index (χ0) is 19.8. The fraction of sp³-hybridized carbons (Fsp3) is 0.111. The highest BCUT2D eigenvalue weighted by atomic mass is 32.2. The second-order valence-corrected chi connectivity index (χ2v) is 6.63. The van der Waals surface area contributed by atoms with Crippen LogP contribution in [0.1, 0.15) is 5.56 Å². The van der Waals surface area contributed by atoms with Gasteiger partial charge in [0.05, 0.1) is 34.0 Å². The van der Waals surface area contributed by atoms with E-state index in [-0.39, 0.29) is 32.6 Å². The van der Waals surface area contributed by atoms with Crippen molar-refractivity contribution < 1.29 is 22.0 Å². The minimum atomic E-state index is -4.37. The van der Waals surface area contributed by atoms with Crippen molar-refractivity contribution in [1.82, 2.24) is 4.98 Å². The number of H-pyrrole nitrogens is 1. The molecule has 0 fully saturated rings. The molecular weight excluding hydrogens is 387 g/mol. The third-order valence-electron chi connectivity index (χ3n) is 3.65. The van der Waals surface area contributed by atoms with Crippen molar-refractivity contribution in [2.75, 3.05) is 5.75 Å². The lowest BCUT2D eigenvalue weighted by molar-refractivity contribution is -0.105. The highest BCUT2D eigenvalue weighted by Crippen LogP contribution is 2.32. The molecule has 0 saturated heterocycles. The number of aromatic amines is 1. The van der Waals surface area contributed by atoms with Crippen molar-refractivity contribution >= 4 is 22.7 Å². The van der Waals surface area contributed by atoms with Crippen LogP contribution in [-0.2, 0) is 0 Å². The molecule has 1 aromatic heterocycles. The van der Waals surface area contributed by atoms with Gasteiger partial charge in [0.15, 0.2) is 5.43 Å². The smallest absolute Gasteiger partial charge is 0.354 e. The predicted molar refractivity (Wildman–Crippen MR) is 91.4 cm³/mol. The summed E-state index contributed by atoms with van der Waals surface area (Å²) in [5, 5.41) is 8.91. The van der Waals surface area contributed by atoms with Crippen LogP contribution < -0.4 is 5.43 Å². The Labute approximate surface area is 153 Å². The van der Waals surface area contributed by atoms with E-state index in [0.717, 1.165) is 12.1 Å². The Morgan fingerprint density at radius 3 is 2.52 bits per heavy atom. The first-order valence-electron chi connectivity index (χ1n) is 7.44. The highest BCUT2D eigenvalue weighted by Gasteiger charge is 2.27. The maximum Gasteiger partial charge on any atom is 0.398 e. The number of thioether (sulfide) groups is 1. The SMILES string of the molecule is N#Cc1ccc(SCC(F)(F)F)cc1-c1cc(=O)c2c(F)cc(F)cc2[nH]1. The summed E-state index contributed by atoms with van der Waals surface area (Å²) in [6, 6.07) is 8.41. The summed E-state index contributed by atoms with van der Waals surface area (Å²) in [4.78, 5) is 15.1. The number of fused-ring (bicyclic) bond motifs is 1. The standard InChI is InChI=1S/C18H9F5N2OS/c19-10-3-13(20)17-15(4-10)25-14(6-16(17)26)12-5-11(2-1-9(12)7-24)27-8-18(21,22)23/h1-6H,8H2,(H,25,26). The zero-order valence-electron chi connectivity index (χ0n) is 13.3. The maximum absolute atomic E-state index is 13.8. The van der Waals surface area contributed by atoms with E-state index < -0.39 is 29.0 Å². The number of nitrogens with zero attached hydrogens (tertiary/aromatic N) is 1. The quantitative estimate of drug-likeness (QED) is 0.501. The van der Waals surface area contributed by atoms with E-state index in [1.54, 1.807) is 0 Å². The number of alkyl halides is 3. The number of pyridine rings is 1. The van der Waals surface area contributed by atoms with Crippen molar-refractivity contribution in [3.8, 4) is 17.3 Å². The van der Waals surface area contributed by atoms with Gasteiger partial charge >= 0.3 is 6.18 Å². The van der Waals surface area contributed by atoms with E-state index in [0.29, 0.717) is 17.8 Å². The number of nitriles is 1. The van der Waals surface area contributed by atoms with E-state index in [4.69, 9.17) is 0 Å². The molecule has 3 rings (SSSR count). The van der Waals surface area contributed by atoms with E-state index in [1.807, 2.05) is 6.07 Å². The van der Waals surface area contributed by atoms with Crippen LogP contribution in [0.2, 0.25) is 0 Å². The van der Waals surface area contributed by atoms with E-state index in [1.165, 1.54) is 18.2 Å². The fourth-order valence-electron chi connectivity index (χ4n) is 2.55. The molecule has 0 atom stereocenters. The van der Waals surface area contributed by atoms with Gasteiger partial charge in [0, 0.05) is 22.6 Å². The number of hydrogen-bond acceptors (Lipinski definition) is 3. The van der Waals surface area contributed by atoms with Gasteiger partial charge in [-0.2, -0.15) is 18.4 Å². The number of aromatic nitrogens is 1. The number of benzene rings is 2. The number of hydrogen-bond donors (Lipinski definition) is 1.